The number of hydrogen-bond donors (Lipinski definition) is 1. The second kappa shape index (κ2) is 7.81. The molecule has 154 valence electrons. The third-order valence-corrected chi connectivity index (χ3v) is 5.43. The molecule has 4 heterocycles. The summed E-state index contributed by atoms with van der Waals surface area (Å²) in [6.07, 6.45) is 5.17. The lowest BCUT2D eigenvalue weighted by Gasteiger charge is -2.37. The van der Waals surface area contributed by atoms with Crippen LogP contribution in [0.25, 0.3) is 11.0 Å². The number of nitrogens with one attached hydrogen (secondary N) is 1. The van der Waals surface area contributed by atoms with Gasteiger partial charge in [-0.15, -0.1) is 0 Å². The molecule has 0 radical (unpaired) electrons. The number of fused-ring (bicyclic) bond motifs is 1. The summed E-state index contributed by atoms with van der Waals surface area (Å²) in [6, 6.07) is 3.77. The van der Waals surface area contributed by atoms with Gasteiger partial charge in [0.15, 0.2) is 5.65 Å². The van der Waals surface area contributed by atoms with Gasteiger partial charge in [-0.1, -0.05) is 0 Å². The molecule has 3 aromatic rings. The molecule has 1 aliphatic rings. The van der Waals surface area contributed by atoms with E-state index in [1.54, 1.807) is 21.6 Å². The van der Waals surface area contributed by atoms with E-state index < -0.39 is 0 Å². The van der Waals surface area contributed by atoms with Gasteiger partial charge in [-0.3, -0.25) is 9.48 Å². The van der Waals surface area contributed by atoms with Gasteiger partial charge in [0.25, 0.3) is 5.56 Å². The molecule has 4 rings (SSSR count). The molecule has 1 N–H and O–H groups in total. The molecule has 1 aliphatic heterocycles. The lowest BCUT2D eigenvalue weighted by atomic mass is 10.0. The second-order valence-electron chi connectivity index (χ2n) is 7.92. The number of piperidine rings is 1. The van der Waals surface area contributed by atoms with Gasteiger partial charge in [-0.2, -0.15) is 10.2 Å². The lowest BCUT2D eigenvalue weighted by molar-refractivity contribution is 0.451. The van der Waals surface area contributed by atoms with E-state index in [1.165, 1.54) is 6.42 Å². The van der Waals surface area contributed by atoms with Gasteiger partial charge in [0.2, 0.25) is 0 Å². The number of hydrogen-bond acceptors (Lipinski definition) is 7. The van der Waals surface area contributed by atoms with Gasteiger partial charge in [0.1, 0.15) is 17.5 Å². The number of anilines is 2. The molecule has 0 amide bonds. The van der Waals surface area contributed by atoms with E-state index in [4.69, 9.17) is 0 Å². The lowest BCUT2D eigenvalue weighted by Crippen LogP contribution is -2.45. The second-order valence-corrected chi connectivity index (χ2v) is 7.92. The molecule has 0 aromatic carbocycles. The van der Waals surface area contributed by atoms with Crippen LogP contribution in [-0.4, -0.2) is 48.7 Å². The van der Waals surface area contributed by atoms with Crippen LogP contribution in [0, 0.1) is 6.92 Å². The average molecular weight is 396 g/mol. The summed E-state index contributed by atoms with van der Waals surface area (Å²) < 4.78 is 3.32. The van der Waals surface area contributed by atoms with Crippen molar-refractivity contribution < 1.29 is 0 Å². The molecule has 3 aromatic heterocycles. The summed E-state index contributed by atoms with van der Waals surface area (Å²) in [4.78, 5) is 23.5. The maximum absolute atomic E-state index is 12.1. The Hall–Kier alpha value is -2.97. The predicted octanol–water partition coefficient (Wildman–Crippen LogP) is 2.28. The smallest absolute Gasteiger partial charge is 0.267 e. The first-order chi connectivity index (χ1) is 13.9. The first kappa shape index (κ1) is 19.4. The minimum absolute atomic E-state index is 0.0340. The normalized spacial score (nSPS) is 17.3. The Morgan fingerprint density at radius 1 is 1.24 bits per heavy atom. The maximum Gasteiger partial charge on any atom is 0.267 e. The van der Waals surface area contributed by atoms with E-state index >= 15 is 0 Å². The van der Waals surface area contributed by atoms with Crippen molar-refractivity contribution in [2.45, 2.75) is 52.1 Å². The Bertz CT molecular complexity index is 1070. The van der Waals surface area contributed by atoms with Gasteiger partial charge in [-0.25, -0.2) is 14.6 Å². The van der Waals surface area contributed by atoms with Crippen LogP contribution in [0.2, 0.25) is 0 Å². The number of aryl methyl sites for hydroxylation is 2. The Morgan fingerprint density at radius 3 is 2.86 bits per heavy atom. The quantitative estimate of drug-likeness (QED) is 0.707. The van der Waals surface area contributed by atoms with Gasteiger partial charge in [0, 0.05) is 32.2 Å². The highest BCUT2D eigenvalue weighted by Gasteiger charge is 2.25. The van der Waals surface area contributed by atoms with E-state index in [2.05, 4.69) is 30.4 Å². The van der Waals surface area contributed by atoms with Gasteiger partial charge >= 0.3 is 0 Å². The van der Waals surface area contributed by atoms with Crippen LogP contribution in [0.3, 0.4) is 0 Å². The van der Waals surface area contributed by atoms with Crippen molar-refractivity contribution in [3.63, 3.8) is 0 Å². The van der Waals surface area contributed by atoms with Crippen LogP contribution in [0.1, 0.15) is 45.0 Å². The zero-order chi connectivity index (χ0) is 20.5. The van der Waals surface area contributed by atoms with Crippen molar-refractivity contribution >= 4 is 22.7 Å². The molecule has 0 spiro atoms. The molecular weight excluding hydrogens is 368 g/mol. The zero-order valence-corrected chi connectivity index (χ0v) is 17.5. The molecule has 0 saturated carbocycles. The summed E-state index contributed by atoms with van der Waals surface area (Å²) in [5, 5.41) is 13.4. The summed E-state index contributed by atoms with van der Waals surface area (Å²) in [7, 11) is 1.89. The molecule has 0 aliphatic carbocycles. The highest BCUT2D eigenvalue weighted by atomic mass is 16.1. The average Bonchev–Trinajstić information content (AvgIpc) is 3.07. The fourth-order valence-electron chi connectivity index (χ4n) is 3.93. The summed E-state index contributed by atoms with van der Waals surface area (Å²) in [5.74, 6) is 2.39. The van der Waals surface area contributed by atoms with Crippen molar-refractivity contribution in [3.8, 4) is 0 Å². The Morgan fingerprint density at radius 2 is 2.07 bits per heavy atom. The number of nitrogens with zero attached hydrogens (tertiary/aromatic N) is 7. The molecule has 9 heteroatoms. The van der Waals surface area contributed by atoms with Crippen LogP contribution in [0.5, 0.6) is 0 Å². The fraction of sp³-hybridized carbons (Fsp3) is 0.550. The molecule has 1 atom stereocenters. The van der Waals surface area contributed by atoms with E-state index in [9.17, 15) is 4.79 Å². The largest absolute Gasteiger partial charge is 0.367 e. The molecule has 1 saturated heterocycles. The van der Waals surface area contributed by atoms with Crippen molar-refractivity contribution in [1.82, 2.24) is 29.5 Å². The van der Waals surface area contributed by atoms with E-state index in [1.807, 2.05) is 33.9 Å². The zero-order valence-electron chi connectivity index (χ0n) is 17.5. The minimum Gasteiger partial charge on any atom is -0.367 e. The number of rotatable bonds is 5. The molecule has 29 heavy (non-hydrogen) atoms. The summed E-state index contributed by atoms with van der Waals surface area (Å²) >= 11 is 0. The first-order valence-corrected chi connectivity index (χ1v) is 10.2. The molecule has 9 nitrogen and oxygen atoms in total. The van der Waals surface area contributed by atoms with Crippen molar-refractivity contribution in [2.75, 3.05) is 23.3 Å². The van der Waals surface area contributed by atoms with Gasteiger partial charge in [0.05, 0.1) is 17.6 Å². The summed E-state index contributed by atoms with van der Waals surface area (Å²) in [6.45, 7) is 7.52. The molecular formula is C20H28N8O. The number of aromatic nitrogens is 6. The molecule has 1 unspecified atom stereocenters. The first-order valence-electron chi connectivity index (χ1n) is 10.2. The summed E-state index contributed by atoms with van der Waals surface area (Å²) in [5.41, 5.74) is 0.761. The van der Waals surface area contributed by atoms with Gasteiger partial charge in [-0.05, 0) is 46.1 Å². The standard InChI is InChI=1S/C20H28N8O/c1-13(2)28-18(29)9-8-17(25-28)27-10-6-5-7-15(27)11-21-19-16-12-22-26(4)20(16)24-14(3)23-19/h8-9,12-13,15H,5-7,10-11H2,1-4H3,(H,21,23,24). The van der Waals surface area contributed by atoms with Crippen LogP contribution < -0.4 is 15.8 Å². The molecule has 0 bridgehead atoms. The van der Waals surface area contributed by atoms with E-state index in [0.29, 0.717) is 0 Å². The van der Waals surface area contributed by atoms with Gasteiger partial charge < -0.3 is 10.2 Å². The topological polar surface area (TPSA) is 93.8 Å². The van der Waals surface area contributed by atoms with E-state index in [-0.39, 0.29) is 17.6 Å². The predicted molar refractivity (Wildman–Crippen MR) is 113 cm³/mol. The van der Waals surface area contributed by atoms with Crippen LogP contribution in [-0.2, 0) is 7.05 Å². The highest BCUT2D eigenvalue weighted by Crippen LogP contribution is 2.25. The van der Waals surface area contributed by atoms with Crippen LogP contribution in [0.4, 0.5) is 11.6 Å². The van der Waals surface area contributed by atoms with Crippen LogP contribution >= 0.6 is 0 Å². The Labute approximate surface area is 169 Å². The maximum atomic E-state index is 12.1. The van der Waals surface area contributed by atoms with Crippen molar-refractivity contribution in [1.29, 1.82) is 0 Å². The third-order valence-electron chi connectivity index (χ3n) is 5.43. The Balaban J connectivity index is 1.58. The third kappa shape index (κ3) is 3.81. The fourth-order valence-corrected chi connectivity index (χ4v) is 3.93. The highest BCUT2D eigenvalue weighted by molar-refractivity contribution is 5.86. The van der Waals surface area contributed by atoms with E-state index in [0.717, 1.165) is 54.4 Å². The molecule has 1 fully saturated rings. The van der Waals surface area contributed by atoms with Crippen molar-refractivity contribution in [3.05, 3.63) is 34.5 Å². The monoisotopic (exact) mass is 396 g/mol. The Kier molecular flexibility index (Phi) is 5.21. The SMILES string of the molecule is Cc1nc(NCC2CCCCN2c2ccc(=O)n(C(C)C)n2)c2cnn(C)c2n1. The van der Waals surface area contributed by atoms with Crippen molar-refractivity contribution in [2.24, 2.45) is 7.05 Å². The van der Waals surface area contributed by atoms with Crippen LogP contribution in [0.15, 0.2) is 23.1 Å². The minimum atomic E-state index is -0.0640.